The number of nitrogens with one attached hydrogen (secondary N) is 1. The first-order valence-electron chi connectivity index (χ1n) is 13.1. The third-order valence-electron chi connectivity index (χ3n) is 7.21. The van der Waals surface area contributed by atoms with Crippen LogP contribution in [0.1, 0.15) is 52.5 Å². The zero-order chi connectivity index (χ0) is 26.6. The predicted molar refractivity (Wildman–Crippen MR) is 146 cm³/mol. The summed E-state index contributed by atoms with van der Waals surface area (Å²) in [6.45, 7) is 6.15. The second-order valence-corrected chi connectivity index (χ2v) is 11.5. The van der Waals surface area contributed by atoms with E-state index in [2.05, 4.69) is 17.1 Å². The number of amides is 2. The van der Waals surface area contributed by atoms with Crippen molar-refractivity contribution in [2.75, 3.05) is 31.1 Å². The number of hydrogen-bond donors (Lipinski definition) is 1. The third kappa shape index (κ3) is 5.71. The highest BCUT2D eigenvalue weighted by Gasteiger charge is 2.31. The van der Waals surface area contributed by atoms with Gasteiger partial charge in [0, 0.05) is 18.7 Å². The molecule has 0 unspecified atom stereocenters. The van der Waals surface area contributed by atoms with Crippen LogP contribution in [0.25, 0.3) is 0 Å². The van der Waals surface area contributed by atoms with E-state index < -0.39 is 10.8 Å². The number of nitrogens with zero attached hydrogens (tertiary/aromatic N) is 2. The van der Waals surface area contributed by atoms with Crippen LogP contribution in [0.5, 0.6) is 0 Å². The highest BCUT2D eigenvalue weighted by atomic mass is 32.2. The van der Waals surface area contributed by atoms with E-state index in [1.807, 2.05) is 0 Å². The van der Waals surface area contributed by atoms with Crippen LogP contribution in [0.3, 0.4) is 0 Å². The largest absolute Gasteiger partial charge is 0.352 e. The summed E-state index contributed by atoms with van der Waals surface area (Å²) < 4.78 is 27.1. The molecule has 2 heterocycles. The molecule has 38 heavy (non-hydrogen) atoms. The van der Waals surface area contributed by atoms with E-state index in [4.69, 9.17) is 0 Å². The Bertz CT molecular complexity index is 1360. The minimum atomic E-state index is -1.60. The standard InChI is InChI=1S/C30H32FN3O3S/c1-21-6-4-16-33(19-21)17-5-15-32-29(35)23-11-14-28-26(18-23)34(20-22-9-12-24(31)13-10-22)30(36)25-7-2-3-8-27(25)38(28)37/h2-3,7-14,18,21H,4-6,15-17,19-20H2,1H3,(H,32,35)/t21-,38+/m1/s1. The van der Waals surface area contributed by atoms with E-state index in [-0.39, 0.29) is 24.2 Å². The molecule has 2 aliphatic rings. The number of halogens is 1. The molecule has 2 amide bonds. The zero-order valence-electron chi connectivity index (χ0n) is 21.5. The van der Waals surface area contributed by atoms with Crippen LogP contribution in [-0.4, -0.2) is 47.1 Å². The van der Waals surface area contributed by atoms with E-state index in [0.29, 0.717) is 33.2 Å². The maximum Gasteiger partial charge on any atom is 0.259 e. The highest BCUT2D eigenvalue weighted by molar-refractivity contribution is 7.85. The maximum atomic E-state index is 13.7. The van der Waals surface area contributed by atoms with Crippen molar-refractivity contribution in [3.63, 3.8) is 0 Å². The van der Waals surface area contributed by atoms with Gasteiger partial charge in [0.2, 0.25) is 0 Å². The summed E-state index contributed by atoms with van der Waals surface area (Å²) in [5, 5.41) is 3.00. The minimum Gasteiger partial charge on any atom is -0.352 e. The lowest BCUT2D eigenvalue weighted by Gasteiger charge is -2.30. The summed E-state index contributed by atoms with van der Waals surface area (Å²) in [7, 11) is -1.60. The number of fused-ring (bicyclic) bond motifs is 2. The average molecular weight is 534 g/mol. The number of hydrogen-bond acceptors (Lipinski definition) is 4. The number of anilines is 1. The van der Waals surface area contributed by atoms with Gasteiger partial charge in [0.1, 0.15) is 5.82 Å². The van der Waals surface area contributed by atoms with Crippen molar-refractivity contribution in [2.24, 2.45) is 5.92 Å². The first-order chi connectivity index (χ1) is 18.4. The Morgan fingerprint density at radius 3 is 2.66 bits per heavy atom. The fraction of sp³-hybridized carbons (Fsp3) is 0.333. The number of carbonyl (C=O) groups excluding carboxylic acids is 2. The number of rotatable bonds is 7. The van der Waals surface area contributed by atoms with Gasteiger partial charge in [-0.15, -0.1) is 0 Å². The highest BCUT2D eigenvalue weighted by Crippen LogP contribution is 2.36. The lowest BCUT2D eigenvalue weighted by Crippen LogP contribution is -2.36. The fourth-order valence-electron chi connectivity index (χ4n) is 5.23. The van der Waals surface area contributed by atoms with Gasteiger partial charge in [-0.1, -0.05) is 31.2 Å². The van der Waals surface area contributed by atoms with Crippen molar-refractivity contribution in [3.05, 3.63) is 89.2 Å². The monoisotopic (exact) mass is 533 g/mol. The van der Waals surface area contributed by atoms with E-state index >= 15 is 0 Å². The smallest absolute Gasteiger partial charge is 0.259 e. The van der Waals surface area contributed by atoms with Crippen LogP contribution in [-0.2, 0) is 17.3 Å². The SMILES string of the molecule is C[C@@H]1CCCN(CCCNC(=O)c2ccc3c(c2)N(Cc2ccc(F)cc2)C(=O)c2ccccc2[S@@]3=O)C1. The summed E-state index contributed by atoms with van der Waals surface area (Å²) in [5.74, 6) is -0.196. The van der Waals surface area contributed by atoms with E-state index in [1.54, 1.807) is 54.6 Å². The van der Waals surface area contributed by atoms with Gasteiger partial charge < -0.3 is 15.1 Å². The lowest BCUT2D eigenvalue weighted by atomic mass is 10.0. The van der Waals surface area contributed by atoms with Gasteiger partial charge in [-0.3, -0.25) is 9.59 Å². The molecule has 3 aromatic rings. The molecule has 0 radical (unpaired) electrons. The first kappa shape index (κ1) is 26.3. The molecule has 1 saturated heterocycles. The summed E-state index contributed by atoms with van der Waals surface area (Å²) >= 11 is 0. The third-order valence-corrected chi connectivity index (χ3v) is 8.71. The fourth-order valence-corrected chi connectivity index (χ4v) is 6.58. The Morgan fingerprint density at radius 2 is 1.87 bits per heavy atom. The normalized spacial score (nSPS) is 19.4. The molecule has 1 fully saturated rings. The number of carbonyl (C=O) groups is 2. The summed E-state index contributed by atoms with van der Waals surface area (Å²) in [5.41, 5.74) is 1.89. The molecular formula is C30H32FN3O3S. The van der Waals surface area contributed by atoms with Crippen LogP contribution in [0.4, 0.5) is 10.1 Å². The molecule has 1 N–H and O–H groups in total. The second kappa shape index (κ2) is 11.6. The van der Waals surface area contributed by atoms with Crippen molar-refractivity contribution in [3.8, 4) is 0 Å². The lowest BCUT2D eigenvalue weighted by molar-refractivity contribution is 0.0946. The Balaban J connectivity index is 1.38. The van der Waals surface area contributed by atoms with Crippen molar-refractivity contribution in [1.29, 1.82) is 0 Å². The minimum absolute atomic E-state index is 0.150. The van der Waals surface area contributed by atoms with Gasteiger partial charge in [-0.2, -0.15) is 0 Å². The molecule has 198 valence electrons. The van der Waals surface area contributed by atoms with Gasteiger partial charge in [0.05, 0.1) is 38.4 Å². The van der Waals surface area contributed by atoms with E-state index in [9.17, 15) is 18.2 Å². The molecule has 0 aromatic heterocycles. The molecule has 0 saturated carbocycles. The summed E-state index contributed by atoms with van der Waals surface area (Å²) in [4.78, 5) is 31.6. The zero-order valence-corrected chi connectivity index (χ0v) is 22.3. The summed E-state index contributed by atoms with van der Waals surface area (Å²) in [6, 6.07) is 17.8. The predicted octanol–water partition coefficient (Wildman–Crippen LogP) is 5.00. The topological polar surface area (TPSA) is 69.7 Å². The number of benzene rings is 3. The molecule has 5 rings (SSSR count). The van der Waals surface area contributed by atoms with Crippen LogP contribution in [0.2, 0.25) is 0 Å². The van der Waals surface area contributed by atoms with Crippen LogP contribution >= 0.6 is 0 Å². The quantitative estimate of drug-likeness (QED) is 0.434. The van der Waals surface area contributed by atoms with Crippen LogP contribution in [0.15, 0.2) is 76.5 Å². The van der Waals surface area contributed by atoms with Crippen LogP contribution in [0, 0.1) is 11.7 Å². The van der Waals surface area contributed by atoms with Gasteiger partial charge in [0.25, 0.3) is 11.8 Å². The van der Waals surface area contributed by atoms with Gasteiger partial charge in [0.15, 0.2) is 0 Å². The van der Waals surface area contributed by atoms with E-state index in [1.165, 1.54) is 29.9 Å². The Kier molecular flexibility index (Phi) is 8.00. The Labute approximate surface area is 225 Å². The van der Waals surface area contributed by atoms with E-state index in [0.717, 1.165) is 37.5 Å². The molecule has 0 bridgehead atoms. The molecular weight excluding hydrogens is 501 g/mol. The molecule has 8 heteroatoms. The second-order valence-electron chi connectivity index (χ2n) is 10.1. The Morgan fingerprint density at radius 1 is 1.08 bits per heavy atom. The van der Waals surface area contributed by atoms with Gasteiger partial charge in [-0.25, -0.2) is 8.60 Å². The van der Waals surface area contributed by atoms with Crippen LogP contribution < -0.4 is 10.2 Å². The Hall–Kier alpha value is -3.36. The molecule has 0 spiro atoms. The number of piperidine rings is 1. The van der Waals surface area contributed by atoms with Crippen molar-refractivity contribution >= 4 is 28.3 Å². The van der Waals surface area contributed by atoms with Crippen molar-refractivity contribution in [1.82, 2.24) is 10.2 Å². The molecule has 6 nitrogen and oxygen atoms in total. The molecule has 3 aromatic carbocycles. The van der Waals surface area contributed by atoms with Crippen molar-refractivity contribution in [2.45, 2.75) is 42.5 Å². The summed E-state index contributed by atoms with van der Waals surface area (Å²) in [6.07, 6.45) is 3.36. The van der Waals surface area contributed by atoms with Gasteiger partial charge in [-0.05, 0) is 86.3 Å². The maximum absolute atomic E-state index is 13.7. The average Bonchev–Trinajstić information content (AvgIpc) is 3.01. The molecule has 2 atom stereocenters. The molecule has 2 aliphatic heterocycles. The molecule has 0 aliphatic carbocycles. The van der Waals surface area contributed by atoms with Crippen molar-refractivity contribution < 1.29 is 18.2 Å². The first-order valence-corrected chi connectivity index (χ1v) is 14.3. The number of likely N-dealkylation sites (tertiary alicyclic amines) is 1. The van der Waals surface area contributed by atoms with Gasteiger partial charge >= 0.3 is 0 Å².